The third kappa shape index (κ3) is 3.69. The fourth-order valence-electron chi connectivity index (χ4n) is 2.73. The Morgan fingerprint density at radius 2 is 2.00 bits per heavy atom. The molecule has 0 N–H and O–H groups in total. The summed E-state index contributed by atoms with van der Waals surface area (Å²) in [5, 5.41) is 1.25. The summed E-state index contributed by atoms with van der Waals surface area (Å²) in [5.74, 6) is 0.722. The predicted molar refractivity (Wildman–Crippen MR) is 79.6 cm³/mol. The van der Waals surface area contributed by atoms with Crippen molar-refractivity contribution in [3.8, 4) is 0 Å². The molecule has 1 saturated carbocycles. The van der Waals surface area contributed by atoms with E-state index in [1.165, 1.54) is 47.7 Å². The average molecular weight is 287 g/mol. The lowest BCUT2D eigenvalue weighted by atomic mass is 9.94. The number of rotatable bonds is 5. The van der Waals surface area contributed by atoms with Gasteiger partial charge in [-0.3, -0.25) is 4.90 Å². The van der Waals surface area contributed by atoms with E-state index in [4.69, 9.17) is 11.6 Å². The van der Waals surface area contributed by atoms with Gasteiger partial charge in [-0.05, 0) is 26.7 Å². The highest BCUT2D eigenvalue weighted by atomic mass is 35.5. The predicted octanol–water partition coefficient (Wildman–Crippen LogP) is 4.13. The second-order valence-electron chi connectivity index (χ2n) is 5.20. The molecule has 0 atom stereocenters. The number of aromatic nitrogens is 1. The van der Waals surface area contributed by atoms with E-state index in [9.17, 15) is 0 Å². The van der Waals surface area contributed by atoms with Crippen LogP contribution in [0.15, 0.2) is 0 Å². The topological polar surface area (TPSA) is 16.1 Å². The summed E-state index contributed by atoms with van der Waals surface area (Å²) in [6.45, 7) is 6.23. The molecular formula is C14H23ClN2S. The van der Waals surface area contributed by atoms with Gasteiger partial charge in [-0.2, -0.15) is 0 Å². The molecule has 0 radical (unpaired) electrons. The molecule has 2 rings (SSSR count). The maximum Gasteiger partial charge on any atom is 0.107 e. The Labute approximate surface area is 119 Å². The standard InChI is InChI=1S/C14H23ClN2S/c1-11-12(2)18-14(16-11)10-17(9-8-15)13-6-4-3-5-7-13/h13H,3-10H2,1-2H3. The summed E-state index contributed by atoms with van der Waals surface area (Å²) < 4.78 is 0. The Morgan fingerprint density at radius 1 is 1.28 bits per heavy atom. The van der Waals surface area contributed by atoms with Gasteiger partial charge in [-0.15, -0.1) is 22.9 Å². The minimum absolute atomic E-state index is 0.722. The highest BCUT2D eigenvalue weighted by Crippen LogP contribution is 2.25. The summed E-state index contributed by atoms with van der Waals surface area (Å²) in [5.41, 5.74) is 1.18. The van der Waals surface area contributed by atoms with Crippen molar-refractivity contribution in [1.29, 1.82) is 0 Å². The molecule has 0 unspecified atom stereocenters. The molecule has 1 aromatic rings. The molecule has 0 bridgehead atoms. The highest BCUT2D eigenvalue weighted by Gasteiger charge is 2.21. The van der Waals surface area contributed by atoms with E-state index >= 15 is 0 Å². The Balaban J connectivity index is 2.00. The molecule has 0 saturated heterocycles. The number of halogens is 1. The van der Waals surface area contributed by atoms with E-state index < -0.39 is 0 Å². The Bertz CT molecular complexity index is 352. The van der Waals surface area contributed by atoms with Crippen LogP contribution in [-0.2, 0) is 6.54 Å². The van der Waals surface area contributed by atoms with Crippen LogP contribution in [0.1, 0.15) is 47.7 Å². The van der Waals surface area contributed by atoms with Crippen LogP contribution < -0.4 is 0 Å². The van der Waals surface area contributed by atoms with Crippen LogP contribution in [0.3, 0.4) is 0 Å². The van der Waals surface area contributed by atoms with Crippen molar-refractivity contribution >= 4 is 22.9 Å². The van der Waals surface area contributed by atoms with Crippen LogP contribution >= 0.6 is 22.9 Å². The van der Waals surface area contributed by atoms with Gasteiger partial charge in [0.1, 0.15) is 5.01 Å². The molecule has 1 fully saturated rings. The fraction of sp³-hybridized carbons (Fsp3) is 0.786. The number of aryl methyl sites for hydroxylation is 2. The summed E-state index contributed by atoms with van der Waals surface area (Å²) in [4.78, 5) is 8.55. The maximum absolute atomic E-state index is 5.96. The second-order valence-corrected chi connectivity index (χ2v) is 6.87. The fourth-order valence-corrected chi connectivity index (χ4v) is 3.90. The molecule has 1 heterocycles. The van der Waals surface area contributed by atoms with E-state index in [-0.39, 0.29) is 0 Å². The molecule has 2 nitrogen and oxygen atoms in total. The zero-order valence-electron chi connectivity index (χ0n) is 11.4. The van der Waals surface area contributed by atoms with Crippen molar-refractivity contribution in [1.82, 2.24) is 9.88 Å². The lowest BCUT2D eigenvalue weighted by Gasteiger charge is -2.33. The average Bonchev–Trinajstić information content (AvgIpc) is 2.69. The third-order valence-corrected chi connectivity index (χ3v) is 5.10. The van der Waals surface area contributed by atoms with Gasteiger partial charge in [0, 0.05) is 23.3 Å². The van der Waals surface area contributed by atoms with Gasteiger partial charge in [-0.25, -0.2) is 4.98 Å². The molecule has 0 spiro atoms. The van der Waals surface area contributed by atoms with E-state index in [1.807, 2.05) is 11.3 Å². The van der Waals surface area contributed by atoms with E-state index in [0.717, 1.165) is 25.0 Å². The first-order chi connectivity index (χ1) is 8.70. The van der Waals surface area contributed by atoms with Gasteiger partial charge >= 0.3 is 0 Å². The van der Waals surface area contributed by atoms with Crippen molar-refractivity contribution in [2.24, 2.45) is 0 Å². The molecule has 0 amide bonds. The zero-order chi connectivity index (χ0) is 13.0. The Morgan fingerprint density at radius 3 is 2.56 bits per heavy atom. The minimum Gasteiger partial charge on any atom is -0.293 e. The van der Waals surface area contributed by atoms with Crippen LogP contribution in [-0.4, -0.2) is 28.4 Å². The van der Waals surface area contributed by atoms with Gasteiger partial charge in [0.2, 0.25) is 0 Å². The van der Waals surface area contributed by atoms with E-state index in [1.54, 1.807) is 0 Å². The smallest absolute Gasteiger partial charge is 0.107 e. The van der Waals surface area contributed by atoms with Crippen molar-refractivity contribution in [3.63, 3.8) is 0 Å². The molecule has 0 aromatic carbocycles. The zero-order valence-corrected chi connectivity index (χ0v) is 13.0. The largest absolute Gasteiger partial charge is 0.293 e. The van der Waals surface area contributed by atoms with E-state index in [2.05, 4.69) is 23.7 Å². The summed E-state index contributed by atoms with van der Waals surface area (Å²) >= 11 is 7.80. The molecule has 0 aliphatic heterocycles. The summed E-state index contributed by atoms with van der Waals surface area (Å²) in [6, 6.07) is 0.724. The van der Waals surface area contributed by atoms with Crippen molar-refractivity contribution in [3.05, 3.63) is 15.6 Å². The monoisotopic (exact) mass is 286 g/mol. The number of nitrogens with zero attached hydrogens (tertiary/aromatic N) is 2. The molecule has 1 aromatic heterocycles. The lowest BCUT2D eigenvalue weighted by molar-refractivity contribution is 0.157. The maximum atomic E-state index is 5.96. The van der Waals surface area contributed by atoms with Gasteiger partial charge in [0.05, 0.1) is 12.2 Å². The first-order valence-corrected chi connectivity index (χ1v) is 8.28. The summed E-state index contributed by atoms with van der Waals surface area (Å²) in [6.07, 6.45) is 6.82. The normalized spacial score (nSPS) is 17.6. The van der Waals surface area contributed by atoms with Crippen LogP contribution in [0.4, 0.5) is 0 Å². The number of alkyl halides is 1. The summed E-state index contributed by atoms with van der Waals surface area (Å²) in [7, 11) is 0. The first kappa shape index (κ1) is 14.3. The quantitative estimate of drug-likeness (QED) is 0.757. The van der Waals surface area contributed by atoms with Crippen LogP contribution in [0, 0.1) is 13.8 Å². The molecule has 1 aliphatic carbocycles. The second kappa shape index (κ2) is 6.88. The number of hydrogen-bond acceptors (Lipinski definition) is 3. The number of hydrogen-bond donors (Lipinski definition) is 0. The SMILES string of the molecule is Cc1nc(CN(CCCl)C2CCCCC2)sc1C. The molecule has 102 valence electrons. The van der Waals surface area contributed by atoms with Crippen molar-refractivity contribution in [2.75, 3.05) is 12.4 Å². The molecule has 4 heteroatoms. The lowest BCUT2D eigenvalue weighted by Crippen LogP contribution is -2.37. The molecule has 18 heavy (non-hydrogen) atoms. The van der Waals surface area contributed by atoms with Gasteiger partial charge < -0.3 is 0 Å². The van der Waals surface area contributed by atoms with Gasteiger partial charge in [0.15, 0.2) is 0 Å². The Hall–Kier alpha value is -0.120. The Kier molecular flexibility index (Phi) is 5.46. The van der Waals surface area contributed by atoms with Crippen molar-refractivity contribution in [2.45, 2.75) is 58.5 Å². The minimum atomic E-state index is 0.722. The highest BCUT2D eigenvalue weighted by molar-refractivity contribution is 7.11. The first-order valence-electron chi connectivity index (χ1n) is 6.93. The number of thiazole rings is 1. The van der Waals surface area contributed by atoms with Crippen LogP contribution in [0.5, 0.6) is 0 Å². The molecular weight excluding hydrogens is 264 g/mol. The van der Waals surface area contributed by atoms with Crippen LogP contribution in [0.2, 0.25) is 0 Å². The molecule has 1 aliphatic rings. The van der Waals surface area contributed by atoms with Gasteiger partial charge in [0.25, 0.3) is 0 Å². The van der Waals surface area contributed by atoms with Crippen molar-refractivity contribution < 1.29 is 0 Å². The van der Waals surface area contributed by atoms with Crippen LogP contribution in [0.25, 0.3) is 0 Å². The van der Waals surface area contributed by atoms with E-state index in [0.29, 0.717) is 0 Å². The third-order valence-electron chi connectivity index (χ3n) is 3.87. The van der Waals surface area contributed by atoms with Gasteiger partial charge in [-0.1, -0.05) is 19.3 Å².